The first-order valence-electron chi connectivity index (χ1n) is 13.5. The van der Waals surface area contributed by atoms with Gasteiger partial charge in [-0.15, -0.1) is 0 Å². The van der Waals surface area contributed by atoms with Crippen molar-refractivity contribution in [3.05, 3.63) is 88.9 Å². The fourth-order valence-corrected chi connectivity index (χ4v) is 5.44. The zero-order valence-corrected chi connectivity index (χ0v) is 26.1. The maximum atomic E-state index is 14.2. The van der Waals surface area contributed by atoms with Gasteiger partial charge in [-0.2, -0.15) is 0 Å². The summed E-state index contributed by atoms with van der Waals surface area (Å²) in [4.78, 5) is 29.4. The van der Waals surface area contributed by atoms with E-state index in [4.69, 9.17) is 21.1 Å². The molecule has 2 atom stereocenters. The van der Waals surface area contributed by atoms with Crippen molar-refractivity contribution in [3.63, 3.8) is 0 Å². The van der Waals surface area contributed by atoms with Gasteiger partial charge < -0.3 is 19.7 Å². The highest BCUT2D eigenvalue weighted by Gasteiger charge is 2.34. The van der Waals surface area contributed by atoms with Crippen molar-refractivity contribution in [3.8, 4) is 11.5 Å². The summed E-state index contributed by atoms with van der Waals surface area (Å²) in [6.45, 7) is 3.25. The topological polar surface area (TPSA) is 105 Å². The summed E-state index contributed by atoms with van der Waals surface area (Å²) in [5.41, 5.74) is 1.63. The number of sulfonamides is 1. The molecular weight excluding hydrogens is 578 g/mol. The van der Waals surface area contributed by atoms with Crippen molar-refractivity contribution >= 4 is 39.1 Å². The molecule has 2 unspecified atom stereocenters. The Morgan fingerprint density at radius 1 is 0.976 bits per heavy atom. The van der Waals surface area contributed by atoms with Crippen LogP contribution >= 0.6 is 11.6 Å². The molecule has 0 fully saturated rings. The largest absolute Gasteiger partial charge is 0.497 e. The summed E-state index contributed by atoms with van der Waals surface area (Å²) in [5, 5.41) is 3.42. The van der Waals surface area contributed by atoms with Gasteiger partial charge in [0.1, 0.15) is 24.1 Å². The van der Waals surface area contributed by atoms with Crippen LogP contribution in [0.2, 0.25) is 5.02 Å². The third kappa shape index (κ3) is 8.62. The molecule has 0 saturated heterocycles. The smallest absolute Gasteiger partial charge is 0.244 e. The molecule has 2 amide bonds. The average molecular weight is 616 g/mol. The third-order valence-electron chi connectivity index (χ3n) is 6.91. The van der Waals surface area contributed by atoms with E-state index >= 15 is 0 Å². The molecular formula is C31H38ClN3O6S. The Morgan fingerprint density at radius 2 is 1.64 bits per heavy atom. The molecule has 11 heteroatoms. The summed E-state index contributed by atoms with van der Waals surface area (Å²) < 4.78 is 37.8. The molecule has 0 aromatic heterocycles. The number of hydrogen-bond acceptors (Lipinski definition) is 6. The lowest BCUT2D eigenvalue weighted by molar-refractivity contribution is -0.140. The van der Waals surface area contributed by atoms with Crippen LogP contribution in [0.5, 0.6) is 11.5 Å². The zero-order chi connectivity index (χ0) is 30.9. The van der Waals surface area contributed by atoms with E-state index < -0.39 is 28.5 Å². The molecule has 0 aliphatic heterocycles. The van der Waals surface area contributed by atoms with Gasteiger partial charge in [0.15, 0.2) is 0 Å². The number of rotatable bonds is 14. The number of hydrogen-bond donors (Lipinski definition) is 1. The molecule has 0 radical (unpaired) electrons. The number of anilines is 1. The van der Waals surface area contributed by atoms with Gasteiger partial charge in [0.05, 0.1) is 26.2 Å². The minimum atomic E-state index is -3.97. The second-order valence-corrected chi connectivity index (χ2v) is 12.3. The highest BCUT2D eigenvalue weighted by Crippen LogP contribution is 2.34. The SMILES string of the molecule is CCC(C)NC(=O)C(Cc1ccccc1)N(Cc1ccccc1Cl)C(=O)CN(c1ccc(OC)cc1OC)S(C)(=O)=O. The maximum Gasteiger partial charge on any atom is 0.244 e. The molecule has 226 valence electrons. The Bertz CT molecular complexity index is 1470. The highest BCUT2D eigenvalue weighted by molar-refractivity contribution is 7.92. The molecule has 0 aliphatic rings. The number of halogens is 1. The third-order valence-corrected chi connectivity index (χ3v) is 8.40. The summed E-state index contributed by atoms with van der Waals surface area (Å²) in [5.74, 6) is -0.263. The van der Waals surface area contributed by atoms with Gasteiger partial charge in [0, 0.05) is 30.1 Å². The monoisotopic (exact) mass is 615 g/mol. The number of carbonyl (C=O) groups excluding carboxylic acids is 2. The summed E-state index contributed by atoms with van der Waals surface area (Å²) in [6.07, 6.45) is 1.92. The lowest BCUT2D eigenvalue weighted by Crippen LogP contribution is -2.54. The number of methoxy groups -OCH3 is 2. The molecule has 0 saturated carbocycles. The van der Waals surface area contributed by atoms with E-state index in [0.717, 1.165) is 16.1 Å². The lowest BCUT2D eigenvalue weighted by atomic mass is 10.0. The van der Waals surface area contributed by atoms with Gasteiger partial charge in [0.25, 0.3) is 0 Å². The van der Waals surface area contributed by atoms with E-state index in [1.165, 1.54) is 31.3 Å². The summed E-state index contributed by atoms with van der Waals surface area (Å²) >= 11 is 6.49. The van der Waals surface area contributed by atoms with E-state index in [1.54, 1.807) is 30.3 Å². The zero-order valence-electron chi connectivity index (χ0n) is 24.5. The minimum absolute atomic E-state index is 0.0126. The quantitative estimate of drug-likeness (QED) is 0.282. The van der Waals surface area contributed by atoms with Crippen LogP contribution in [0.4, 0.5) is 5.69 Å². The normalized spacial score (nSPS) is 12.6. The summed E-state index contributed by atoms with van der Waals surface area (Å²) in [7, 11) is -1.08. The highest BCUT2D eigenvalue weighted by atomic mass is 35.5. The van der Waals surface area contributed by atoms with Crippen LogP contribution < -0.4 is 19.1 Å². The van der Waals surface area contributed by atoms with Crippen molar-refractivity contribution in [2.24, 2.45) is 0 Å². The number of benzene rings is 3. The molecule has 9 nitrogen and oxygen atoms in total. The Kier molecular flexibility index (Phi) is 11.6. The predicted molar refractivity (Wildman–Crippen MR) is 166 cm³/mol. The minimum Gasteiger partial charge on any atom is -0.497 e. The van der Waals surface area contributed by atoms with Crippen molar-refractivity contribution < 1.29 is 27.5 Å². The van der Waals surface area contributed by atoms with Crippen LogP contribution in [-0.4, -0.2) is 64.2 Å². The number of carbonyl (C=O) groups is 2. The molecule has 0 aliphatic carbocycles. The van der Waals surface area contributed by atoms with E-state index in [0.29, 0.717) is 22.8 Å². The number of amides is 2. The first-order chi connectivity index (χ1) is 20.0. The first-order valence-corrected chi connectivity index (χ1v) is 15.8. The number of ether oxygens (including phenoxy) is 2. The molecule has 0 bridgehead atoms. The van der Waals surface area contributed by atoms with Crippen molar-refractivity contribution in [1.29, 1.82) is 0 Å². The van der Waals surface area contributed by atoms with Crippen LogP contribution in [0.3, 0.4) is 0 Å². The molecule has 0 heterocycles. The average Bonchev–Trinajstić information content (AvgIpc) is 2.97. The standard InChI is InChI=1S/C31H38ClN3O6S/c1-6-22(2)33-31(37)28(18-23-12-8-7-9-13-23)34(20-24-14-10-11-15-26(24)32)30(36)21-35(42(5,38)39)27-17-16-25(40-3)19-29(27)41-4/h7-17,19,22,28H,6,18,20-21H2,1-5H3,(H,33,37). The van der Waals surface area contributed by atoms with E-state index in [-0.39, 0.29) is 36.4 Å². The van der Waals surface area contributed by atoms with Gasteiger partial charge in [-0.1, -0.05) is 67.1 Å². The Labute approximate surface area is 253 Å². The fraction of sp³-hybridized carbons (Fsp3) is 0.355. The Morgan fingerprint density at radius 3 is 2.24 bits per heavy atom. The number of nitrogens with zero attached hydrogens (tertiary/aromatic N) is 2. The van der Waals surface area contributed by atoms with Gasteiger partial charge >= 0.3 is 0 Å². The van der Waals surface area contributed by atoms with Crippen LogP contribution in [-0.2, 0) is 32.6 Å². The van der Waals surface area contributed by atoms with E-state index in [1.807, 2.05) is 44.2 Å². The second-order valence-electron chi connectivity index (χ2n) is 9.94. The second kappa shape index (κ2) is 14.9. The maximum absolute atomic E-state index is 14.2. The van der Waals surface area contributed by atoms with Gasteiger partial charge in [-0.25, -0.2) is 8.42 Å². The first kappa shape index (κ1) is 32.8. The van der Waals surface area contributed by atoms with Crippen molar-refractivity contribution in [2.45, 2.75) is 45.3 Å². The number of nitrogens with one attached hydrogen (secondary N) is 1. The van der Waals surface area contributed by atoms with Crippen LogP contribution in [0, 0.1) is 0 Å². The van der Waals surface area contributed by atoms with E-state index in [2.05, 4.69) is 5.32 Å². The Hall–Kier alpha value is -3.76. The van der Waals surface area contributed by atoms with Crippen LogP contribution in [0.1, 0.15) is 31.4 Å². The molecule has 0 spiro atoms. The van der Waals surface area contributed by atoms with Crippen LogP contribution in [0.15, 0.2) is 72.8 Å². The predicted octanol–water partition coefficient (Wildman–Crippen LogP) is 4.68. The summed E-state index contributed by atoms with van der Waals surface area (Å²) in [6, 6.07) is 20.0. The molecule has 3 aromatic carbocycles. The van der Waals surface area contributed by atoms with Gasteiger partial charge in [0.2, 0.25) is 21.8 Å². The molecule has 3 rings (SSSR count). The lowest BCUT2D eigenvalue weighted by Gasteiger charge is -2.34. The van der Waals surface area contributed by atoms with Crippen molar-refractivity contribution in [2.75, 3.05) is 31.3 Å². The van der Waals surface area contributed by atoms with Crippen molar-refractivity contribution in [1.82, 2.24) is 10.2 Å². The molecule has 1 N–H and O–H groups in total. The fourth-order valence-electron chi connectivity index (χ4n) is 4.39. The van der Waals surface area contributed by atoms with E-state index in [9.17, 15) is 18.0 Å². The Balaban J connectivity index is 2.11. The molecule has 42 heavy (non-hydrogen) atoms. The van der Waals surface area contributed by atoms with Crippen LogP contribution in [0.25, 0.3) is 0 Å². The molecule has 3 aromatic rings. The van der Waals surface area contributed by atoms with Gasteiger partial charge in [-0.3, -0.25) is 13.9 Å². The van der Waals surface area contributed by atoms with Gasteiger partial charge in [-0.05, 0) is 42.7 Å².